The van der Waals surface area contributed by atoms with Crippen LogP contribution in [-0.4, -0.2) is 91.6 Å². The smallest absolute Gasteiger partial charge is 0.337 e. The summed E-state index contributed by atoms with van der Waals surface area (Å²) in [6.07, 6.45) is 2.24. The number of piperidine rings is 1. The first-order valence-corrected chi connectivity index (χ1v) is 14.0. The van der Waals surface area contributed by atoms with E-state index in [0.29, 0.717) is 28.4 Å². The van der Waals surface area contributed by atoms with E-state index in [1.165, 1.54) is 23.5 Å². The number of amidine groups is 1. The number of halogens is 4. The second-order valence-corrected chi connectivity index (χ2v) is 10.2. The Morgan fingerprint density at radius 2 is 2.15 bits per heavy atom. The maximum Gasteiger partial charge on any atom is 0.337 e. The van der Waals surface area contributed by atoms with Gasteiger partial charge in [0.25, 0.3) is 5.92 Å². The molecule has 0 radical (unpaired) electrons. The van der Waals surface area contributed by atoms with Gasteiger partial charge in [0, 0.05) is 47.9 Å². The number of rotatable bonds is 9. The number of hydrogen-bond acceptors (Lipinski definition) is 10. The number of aliphatic imine (C=N–C) groups is 1. The molecule has 2 aliphatic rings. The van der Waals surface area contributed by atoms with Gasteiger partial charge in [-0.1, -0.05) is 22.0 Å². The number of esters is 1. The van der Waals surface area contributed by atoms with Gasteiger partial charge < -0.3 is 24.7 Å². The van der Waals surface area contributed by atoms with Crippen LogP contribution in [0.3, 0.4) is 0 Å². The summed E-state index contributed by atoms with van der Waals surface area (Å²) in [6, 6.07) is 5.96. The number of carbonyl (C=O) groups excluding carboxylic acids is 2. The lowest BCUT2D eigenvalue weighted by atomic mass is 9.99. The monoisotopic (exact) mass is 648 g/mol. The summed E-state index contributed by atoms with van der Waals surface area (Å²) >= 11 is 4.50. The summed E-state index contributed by atoms with van der Waals surface area (Å²) in [5, 5.41) is 12.5. The molecule has 0 amide bonds. The first-order valence-electron chi connectivity index (χ1n) is 12.3. The Bertz CT molecular complexity index is 1130. The van der Waals surface area contributed by atoms with Crippen molar-refractivity contribution < 1.29 is 37.3 Å². The highest BCUT2D eigenvalue weighted by atomic mass is 79.9. The number of ether oxygens (including phenoxy) is 2. The summed E-state index contributed by atoms with van der Waals surface area (Å²) in [7, 11) is 1.00. The minimum atomic E-state index is -2.84. The van der Waals surface area contributed by atoms with Crippen molar-refractivity contribution in [1.82, 2.24) is 15.2 Å². The van der Waals surface area contributed by atoms with Crippen molar-refractivity contribution in [1.29, 1.82) is 0 Å². The van der Waals surface area contributed by atoms with Gasteiger partial charge in [0.05, 0.1) is 31.9 Å². The number of hydrogen-bond donors (Lipinski definition) is 2. The lowest BCUT2D eigenvalue weighted by Gasteiger charge is -2.40. The maximum absolute atomic E-state index is 14.1. The molecule has 1 unspecified atom stereocenters. The zero-order valence-electron chi connectivity index (χ0n) is 22.1. The van der Waals surface area contributed by atoms with E-state index in [0.717, 1.165) is 11.6 Å². The average molecular weight is 650 g/mol. The quantitative estimate of drug-likeness (QED) is 0.240. The van der Waals surface area contributed by atoms with Crippen molar-refractivity contribution in [2.75, 3.05) is 46.6 Å². The topological polar surface area (TPSA) is 113 Å². The number of carbonyl (C=O) groups is 2. The van der Waals surface area contributed by atoms with E-state index < -0.39 is 18.4 Å². The third-order valence-corrected chi connectivity index (χ3v) is 6.90. The molecule has 1 atom stereocenters. The number of benzene rings is 1. The highest BCUT2D eigenvalue weighted by Crippen LogP contribution is 2.31. The van der Waals surface area contributed by atoms with E-state index >= 15 is 0 Å². The van der Waals surface area contributed by atoms with Gasteiger partial charge in [0.2, 0.25) is 0 Å². The number of nitrogens with zero attached hydrogens (tertiary/aromatic N) is 3. The van der Waals surface area contributed by atoms with Crippen molar-refractivity contribution in [2.45, 2.75) is 31.7 Å². The number of thiazole rings is 1. The van der Waals surface area contributed by atoms with E-state index in [9.17, 15) is 22.8 Å². The number of nitrogens with one attached hydrogen (secondary N) is 1. The summed E-state index contributed by atoms with van der Waals surface area (Å²) in [5.74, 6) is -3.09. The highest BCUT2D eigenvalue weighted by Gasteiger charge is 2.41. The molecule has 0 saturated carbocycles. The molecule has 2 aromatic rings. The van der Waals surface area contributed by atoms with E-state index in [4.69, 9.17) is 14.6 Å². The van der Waals surface area contributed by atoms with Crippen LogP contribution in [0.15, 0.2) is 56.6 Å². The van der Waals surface area contributed by atoms with Crippen molar-refractivity contribution in [3.63, 3.8) is 0 Å². The highest BCUT2D eigenvalue weighted by molar-refractivity contribution is 9.10. The second-order valence-electron chi connectivity index (χ2n) is 8.40. The maximum atomic E-state index is 14.1. The Balaban J connectivity index is 0.000000475. The Morgan fingerprint density at radius 1 is 1.38 bits per heavy atom. The SMILES string of the molecule is CCOC(=O)C1=C(CN2CC(F)(F)CCC2COCC=O)NC(c2nccs2)=NC1.CO.Fc1cccc(Br)c1. The first-order chi connectivity index (χ1) is 19.2. The molecule has 4 rings (SSSR count). The number of aliphatic hydroxyl groups excluding tert-OH is 1. The number of aromatic nitrogens is 1. The van der Waals surface area contributed by atoms with Crippen LogP contribution in [0.1, 0.15) is 24.8 Å². The van der Waals surface area contributed by atoms with Gasteiger partial charge in [-0.15, -0.1) is 11.3 Å². The Labute approximate surface area is 243 Å². The van der Waals surface area contributed by atoms with E-state index in [2.05, 4.69) is 31.2 Å². The van der Waals surface area contributed by atoms with Crippen LogP contribution >= 0.6 is 27.3 Å². The molecule has 2 aliphatic heterocycles. The van der Waals surface area contributed by atoms with Crippen LogP contribution in [0.5, 0.6) is 0 Å². The van der Waals surface area contributed by atoms with Crippen LogP contribution < -0.4 is 5.32 Å². The summed E-state index contributed by atoms with van der Waals surface area (Å²) in [5.41, 5.74) is 0.769. The predicted octanol–water partition coefficient (Wildman–Crippen LogP) is 3.82. The van der Waals surface area contributed by atoms with Crippen molar-refractivity contribution in [2.24, 2.45) is 4.99 Å². The molecule has 1 fully saturated rings. The minimum Gasteiger partial charge on any atom is -0.463 e. The number of aliphatic hydroxyl groups is 1. The van der Waals surface area contributed by atoms with E-state index in [-0.39, 0.29) is 57.6 Å². The standard InChI is InChI=1S/C19H24F2N4O4S.C6H4BrF.CH4O/c1-2-29-18(27)14-9-23-16(17-22-5-8-30-17)24-15(14)10-25-12-19(20,21)4-3-13(25)11-28-7-6-26;7-5-2-1-3-6(8)4-5;1-2/h5-6,8,13H,2-4,7,9-12H2,1H3,(H,23,24);1-4H;2H,1H3. The van der Waals surface area contributed by atoms with E-state index in [1.54, 1.807) is 35.5 Å². The Hall–Kier alpha value is -2.65. The molecule has 0 bridgehead atoms. The van der Waals surface area contributed by atoms with Gasteiger partial charge in [0.15, 0.2) is 10.8 Å². The van der Waals surface area contributed by atoms with Crippen LogP contribution in [-0.2, 0) is 19.1 Å². The van der Waals surface area contributed by atoms with Crippen molar-refractivity contribution in [3.8, 4) is 0 Å². The number of likely N-dealkylation sites (tertiary alicyclic amines) is 1. The molecule has 14 heteroatoms. The van der Waals surface area contributed by atoms with Gasteiger partial charge in [-0.05, 0) is 31.5 Å². The largest absolute Gasteiger partial charge is 0.463 e. The lowest BCUT2D eigenvalue weighted by Crippen LogP contribution is -2.52. The summed E-state index contributed by atoms with van der Waals surface area (Å²) < 4.78 is 51.6. The molecular weight excluding hydrogens is 617 g/mol. The van der Waals surface area contributed by atoms with Crippen LogP contribution in [0.4, 0.5) is 13.2 Å². The van der Waals surface area contributed by atoms with Crippen LogP contribution in [0.2, 0.25) is 0 Å². The van der Waals surface area contributed by atoms with Crippen molar-refractivity contribution >= 4 is 45.4 Å². The van der Waals surface area contributed by atoms with Crippen LogP contribution in [0, 0.1) is 5.82 Å². The molecule has 1 aromatic heterocycles. The molecule has 9 nitrogen and oxygen atoms in total. The van der Waals surface area contributed by atoms with Crippen molar-refractivity contribution in [3.05, 3.63) is 62.4 Å². The summed E-state index contributed by atoms with van der Waals surface area (Å²) in [6.45, 7) is 1.65. The molecule has 0 spiro atoms. The minimum absolute atomic E-state index is 0.0727. The van der Waals surface area contributed by atoms with Crippen LogP contribution in [0.25, 0.3) is 0 Å². The molecule has 3 heterocycles. The van der Waals surface area contributed by atoms with Gasteiger partial charge in [-0.25, -0.2) is 22.9 Å². The molecule has 1 saturated heterocycles. The Morgan fingerprint density at radius 3 is 2.75 bits per heavy atom. The molecule has 40 heavy (non-hydrogen) atoms. The second kappa shape index (κ2) is 17.2. The fourth-order valence-corrected chi connectivity index (χ4v) is 4.84. The van der Waals surface area contributed by atoms with Gasteiger partial charge in [0.1, 0.15) is 18.7 Å². The average Bonchev–Trinajstić information content (AvgIpc) is 3.46. The normalized spacial score (nSPS) is 18.3. The van der Waals surface area contributed by atoms with E-state index in [1.807, 2.05) is 0 Å². The first kappa shape index (κ1) is 33.6. The Kier molecular flexibility index (Phi) is 14.5. The molecule has 220 valence electrons. The molecule has 0 aliphatic carbocycles. The van der Waals surface area contributed by atoms with Gasteiger partial charge in [-0.2, -0.15) is 0 Å². The lowest BCUT2D eigenvalue weighted by molar-refractivity contribution is -0.138. The fraction of sp³-hybridized carbons (Fsp3) is 0.462. The molecular formula is C26H32BrF3N4O5S. The van der Waals surface area contributed by atoms with Gasteiger partial charge in [-0.3, -0.25) is 9.89 Å². The molecule has 1 aromatic carbocycles. The summed E-state index contributed by atoms with van der Waals surface area (Å²) in [4.78, 5) is 33.1. The number of alkyl halides is 2. The number of aldehydes is 1. The zero-order chi connectivity index (χ0) is 29.5. The predicted molar refractivity (Wildman–Crippen MR) is 149 cm³/mol. The molecule has 2 N–H and O–H groups in total. The van der Waals surface area contributed by atoms with Gasteiger partial charge >= 0.3 is 5.97 Å². The third-order valence-electron chi connectivity index (χ3n) is 5.62. The third kappa shape index (κ3) is 10.7. The fourth-order valence-electron chi connectivity index (χ4n) is 3.87. The zero-order valence-corrected chi connectivity index (χ0v) is 24.5.